The van der Waals surface area contributed by atoms with Gasteiger partial charge in [-0.05, 0) is 49.7 Å². The normalized spacial score (nSPS) is 19.0. The van der Waals surface area contributed by atoms with Crippen LogP contribution < -0.4 is 10.1 Å². The first-order valence-corrected chi connectivity index (χ1v) is 13.2. The fourth-order valence-corrected chi connectivity index (χ4v) is 4.31. The van der Waals surface area contributed by atoms with E-state index in [4.69, 9.17) is 19.2 Å². The highest BCUT2D eigenvalue weighted by Gasteiger charge is 2.35. The number of carbonyl (C=O) groups excluding carboxylic acids is 1. The van der Waals surface area contributed by atoms with Crippen molar-refractivity contribution in [3.63, 3.8) is 0 Å². The van der Waals surface area contributed by atoms with Gasteiger partial charge in [-0.1, -0.05) is 37.3 Å². The topological polar surface area (TPSA) is 111 Å². The molecule has 1 aliphatic rings. The maximum atomic E-state index is 13.7. The van der Waals surface area contributed by atoms with Gasteiger partial charge < -0.3 is 24.5 Å². The summed E-state index contributed by atoms with van der Waals surface area (Å²) in [6, 6.07) is 17.7. The Balaban J connectivity index is 1.31. The first kappa shape index (κ1) is 27.4. The number of aromatic amines is 1. The van der Waals surface area contributed by atoms with Crippen LogP contribution in [0.2, 0.25) is 0 Å². The van der Waals surface area contributed by atoms with Gasteiger partial charge >= 0.3 is 6.01 Å². The van der Waals surface area contributed by atoms with Crippen molar-refractivity contribution < 1.29 is 23.4 Å². The third-order valence-corrected chi connectivity index (χ3v) is 6.38. The highest BCUT2D eigenvalue weighted by molar-refractivity contribution is 5.78. The molecule has 2 aromatic carbocycles. The predicted octanol–water partition coefficient (Wildman–Crippen LogP) is 4.87. The third kappa shape index (κ3) is 6.70. The van der Waals surface area contributed by atoms with E-state index >= 15 is 0 Å². The summed E-state index contributed by atoms with van der Waals surface area (Å²) in [5.41, 5.74) is 2.98. The van der Waals surface area contributed by atoms with E-state index in [1.807, 2.05) is 51.1 Å². The number of imidazole rings is 1. The van der Waals surface area contributed by atoms with Gasteiger partial charge in [-0.15, -0.1) is 0 Å². The number of benzene rings is 2. The van der Waals surface area contributed by atoms with Crippen LogP contribution in [0.5, 0.6) is 6.01 Å². The molecule has 9 nitrogen and oxygen atoms in total. The molecule has 1 saturated heterocycles. The van der Waals surface area contributed by atoms with Gasteiger partial charge in [-0.2, -0.15) is 4.98 Å². The Morgan fingerprint density at radius 2 is 1.82 bits per heavy atom. The van der Waals surface area contributed by atoms with Crippen molar-refractivity contribution in [2.24, 2.45) is 5.41 Å². The second kappa shape index (κ2) is 11.9. The number of halogens is 1. The average Bonchev–Trinajstić information content (AvgIpc) is 3.39. The van der Waals surface area contributed by atoms with Gasteiger partial charge in [-0.25, -0.2) is 14.4 Å². The molecule has 0 radical (unpaired) electrons. The van der Waals surface area contributed by atoms with E-state index in [1.54, 1.807) is 24.4 Å². The third-order valence-electron chi connectivity index (χ3n) is 6.38. The van der Waals surface area contributed by atoms with E-state index < -0.39 is 11.7 Å². The maximum Gasteiger partial charge on any atom is 0.317 e. The minimum absolute atomic E-state index is 0.0557. The highest BCUT2D eigenvalue weighted by Crippen LogP contribution is 2.35. The molecule has 0 bridgehead atoms. The van der Waals surface area contributed by atoms with Crippen LogP contribution in [0.4, 0.5) is 4.39 Å². The number of aromatic nitrogens is 4. The number of carbonyl (C=O) groups is 1. The number of hydrogen-bond acceptors (Lipinski definition) is 7. The Kier molecular flexibility index (Phi) is 8.18. The van der Waals surface area contributed by atoms with Crippen molar-refractivity contribution in [3.8, 4) is 28.7 Å². The van der Waals surface area contributed by atoms with E-state index in [-0.39, 0.29) is 23.8 Å². The Morgan fingerprint density at radius 3 is 2.52 bits per heavy atom. The summed E-state index contributed by atoms with van der Waals surface area (Å²) in [4.78, 5) is 29.2. The molecule has 10 heteroatoms. The lowest BCUT2D eigenvalue weighted by Gasteiger charge is -2.36. The maximum absolute atomic E-state index is 13.7. The van der Waals surface area contributed by atoms with Crippen molar-refractivity contribution in [1.29, 1.82) is 0 Å². The molecule has 208 valence electrons. The van der Waals surface area contributed by atoms with E-state index in [2.05, 4.69) is 20.3 Å². The van der Waals surface area contributed by atoms with Crippen LogP contribution in [-0.4, -0.2) is 51.7 Å². The molecule has 4 aromatic rings. The monoisotopic (exact) mass is 545 g/mol. The standard InChI is InChI=1S/C30H32FN5O4/c1-19(2)40-29-32-14-13-23(34-29)26-25(21-9-11-22(31)12-10-21)35-27(36-26)28-38-17-30(3,18-39-28)16-33-24(37)15-20-7-5-4-6-8-20/h4-14,19,28H,15-18H2,1-3H3,(H,33,37)(H,35,36). The lowest BCUT2D eigenvalue weighted by atomic mass is 9.92. The van der Waals surface area contributed by atoms with E-state index in [0.717, 1.165) is 5.56 Å². The number of rotatable bonds is 9. The Hall–Kier alpha value is -4.15. The number of ether oxygens (including phenoxy) is 3. The Morgan fingerprint density at radius 1 is 1.10 bits per heavy atom. The molecule has 0 unspecified atom stereocenters. The van der Waals surface area contributed by atoms with E-state index in [9.17, 15) is 9.18 Å². The van der Waals surface area contributed by atoms with Crippen LogP contribution in [0.25, 0.3) is 22.6 Å². The largest absolute Gasteiger partial charge is 0.461 e. The summed E-state index contributed by atoms with van der Waals surface area (Å²) in [6.45, 7) is 6.91. The number of hydrogen-bond donors (Lipinski definition) is 2. The molecule has 0 atom stereocenters. The van der Waals surface area contributed by atoms with Crippen LogP contribution in [0, 0.1) is 11.2 Å². The molecule has 1 aliphatic heterocycles. The minimum atomic E-state index is -0.755. The van der Waals surface area contributed by atoms with Crippen LogP contribution in [0.15, 0.2) is 66.9 Å². The van der Waals surface area contributed by atoms with Gasteiger partial charge in [0.1, 0.15) is 5.82 Å². The van der Waals surface area contributed by atoms with Gasteiger partial charge in [0.05, 0.1) is 42.8 Å². The molecule has 2 N–H and O–H groups in total. The molecule has 0 spiro atoms. The summed E-state index contributed by atoms with van der Waals surface area (Å²) >= 11 is 0. The zero-order valence-electron chi connectivity index (χ0n) is 22.7. The second-order valence-corrected chi connectivity index (χ2v) is 10.4. The molecule has 1 fully saturated rings. The molecular weight excluding hydrogens is 513 g/mol. The van der Waals surface area contributed by atoms with Crippen molar-refractivity contribution in [2.45, 2.75) is 39.6 Å². The predicted molar refractivity (Wildman–Crippen MR) is 147 cm³/mol. The van der Waals surface area contributed by atoms with Gasteiger partial charge in [0.2, 0.25) is 12.2 Å². The number of H-pyrrole nitrogens is 1. The van der Waals surface area contributed by atoms with Crippen LogP contribution >= 0.6 is 0 Å². The van der Waals surface area contributed by atoms with Crippen LogP contribution in [-0.2, 0) is 20.7 Å². The highest BCUT2D eigenvalue weighted by atomic mass is 19.1. The molecule has 1 amide bonds. The second-order valence-electron chi connectivity index (χ2n) is 10.4. The van der Waals surface area contributed by atoms with Gasteiger partial charge in [-0.3, -0.25) is 4.79 Å². The number of nitrogens with one attached hydrogen (secondary N) is 2. The van der Waals surface area contributed by atoms with E-state index in [0.29, 0.717) is 54.6 Å². The Labute approximate surface area is 232 Å². The fourth-order valence-electron chi connectivity index (χ4n) is 4.31. The SMILES string of the molecule is CC(C)Oc1nccc(-c2[nH]c(C3OCC(C)(CNC(=O)Cc4ccccc4)CO3)nc2-c2ccc(F)cc2)n1. The summed E-state index contributed by atoms with van der Waals surface area (Å²) in [7, 11) is 0. The Bertz CT molecular complexity index is 1430. The van der Waals surface area contributed by atoms with Gasteiger partial charge in [0.15, 0.2) is 5.82 Å². The number of amides is 1. The van der Waals surface area contributed by atoms with Crippen molar-refractivity contribution >= 4 is 5.91 Å². The molecule has 2 aromatic heterocycles. The average molecular weight is 546 g/mol. The molecule has 0 saturated carbocycles. The molecule has 3 heterocycles. The lowest BCUT2D eigenvalue weighted by Crippen LogP contribution is -2.45. The fraction of sp³-hybridized carbons (Fsp3) is 0.333. The van der Waals surface area contributed by atoms with Crippen molar-refractivity contribution in [3.05, 3.63) is 84.1 Å². The molecule has 40 heavy (non-hydrogen) atoms. The van der Waals surface area contributed by atoms with Crippen molar-refractivity contribution in [2.75, 3.05) is 19.8 Å². The minimum Gasteiger partial charge on any atom is -0.461 e. The molecule has 5 rings (SSSR count). The van der Waals surface area contributed by atoms with Crippen molar-refractivity contribution in [1.82, 2.24) is 25.3 Å². The summed E-state index contributed by atoms with van der Waals surface area (Å²) in [5, 5.41) is 3.00. The molecular formula is C30H32FN5O4. The summed E-state index contributed by atoms with van der Waals surface area (Å²) in [5.74, 6) is 0.0547. The zero-order chi connectivity index (χ0) is 28.1. The molecule has 0 aliphatic carbocycles. The lowest BCUT2D eigenvalue weighted by molar-refractivity contribution is -0.232. The van der Waals surface area contributed by atoms with E-state index in [1.165, 1.54) is 12.1 Å². The van der Waals surface area contributed by atoms with Gasteiger partial charge in [0, 0.05) is 23.7 Å². The van der Waals surface area contributed by atoms with Gasteiger partial charge in [0.25, 0.3) is 0 Å². The summed E-state index contributed by atoms with van der Waals surface area (Å²) < 4.78 is 31.5. The first-order valence-electron chi connectivity index (χ1n) is 13.2. The first-order chi connectivity index (χ1) is 19.3. The van der Waals surface area contributed by atoms with Crippen LogP contribution in [0.1, 0.15) is 38.4 Å². The zero-order valence-corrected chi connectivity index (χ0v) is 22.7. The quantitative estimate of drug-likeness (QED) is 0.309. The smallest absolute Gasteiger partial charge is 0.317 e. The van der Waals surface area contributed by atoms with Crippen LogP contribution in [0.3, 0.4) is 0 Å². The summed E-state index contributed by atoms with van der Waals surface area (Å²) in [6.07, 6.45) is 1.08. The number of nitrogens with zero attached hydrogens (tertiary/aromatic N) is 3.